The van der Waals surface area contributed by atoms with Gasteiger partial charge in [0.05, 0.1) is 12.2 Å². The quantitative estimate of drug-likeness (QED) is 0.531. The Morgan fingerprint density at radius 2 is 1.24 bits per heavy atom. The summed E-state index contributed by atoms with van der Waals surface area (Å²) in [6.07, 6.45) is 11.7. The Bertz CT molecular complexity index is 178. The summed E-state index contributed by atoms with van der Waals surface area (Å²) in [6, 6.07) is 0. The average Bonchev–Trinajstić information content (AvgIpc) is 2.49. The second-order valence-electron chi connectivity index (χ2n) is 6.43. The van der Waals surface area contributed by atoms with Crippen LogP contribution >= 0.6 is 0 Å². The second kappa shape index (κ2) is 16.3. The summed E-state index contributed by atoms with van der Waals surface area (Å²) in [5.41, 5.74) is -0.861. The molecular weight excluding hydrogens is 262 g/mol. The van der Waals surface area contributed by atoms with E-state index in [1.807, 2.05) is 6.92 Å². The van der Waals surface area contributed by atoms with Crippen LogP contribution in [0.1, 0.15) is 85.5 Å². The van der Waals surface area contributed by atoms with E-state index in [0.717, 1.165) is 0 Å². The number of aliphatic hydroxyl groups excluding tert-OH is 1. The first kappa shape index (κ1) is 23.2. The molecule has 0 amide bonds. The van der Waals surface area contributed by atoms with Gasteiger partial charge in [-0.15, -0.1) is 0 Å². The summed E-state index contributed by atoms with van der Waals surface area (Å²) >= 11 is 0. The zero-order valence-electron chi connectivity index (χ0n) is 15.3. The van der Waals surface area contributed by atoms with Gasteiger partial charge in [0.2, 0.25) is 0 Å². The average molecular weight is 304 g/mol. The maximum Gasteiger partial charge on any atom is 0.0846 e. The van der Waals surface area contributed by atoms with Crippen LogP contribution in [0.4, 0.5) is 0 Å². The van der Waals surface area contributed by atoms with Gasteiger partial charge in [-0.25, -0.2) is 0 Å². The molecule has 0 radical (unpaired) electrons. The van der Waals surface area contributed by atoms with Crippen molar-refractivity contribution in [2.75, 3.05) is 26.7 Å². The van der Waals surface area contributed by atoms with Crippen LogP contribution in [0.15, 0.2) is 0 Å². The molecule has 0 aliphatic carbocycles. The third-order valence-electron chi connectivity index (χ3n) is 3.89. The number of nitrogens with zero attached hydrogens (tertiary/aromatic N) is 1. The highest BCUT2D eigenvalue weighted by Gasteiger charge is 2.13. The van der Waals surface area contributed by atoms with E-state index in [4.69, 9.17) is 10.2 Å². The van der Waals surface area contributed by atoms with Gasteiger partial charge in [-0.05, 0) is 46.3 Å². The number of hydrogen-bond acceptors (Lipinski definition) is 3. The summed E-state index contributed by atoms with van der Waals surface area (Å²) < 4.78 is 0. The number of aliphatic hydroxyl groups is 2. The zero-order valence-corrected chi connectivity index (χ0v) is 15.3. The summed E-state index contributed by atoms with van der Waals surface area (Å²) in [5, 5.41) is 17.2. The van der Waals surface area contributed by atoms with Gasteiger partial charge in [0.25, 0.3) is 0 Å². The van der Waals surface area contributed by atoms with E-state index in [9.17, 15) is 0 Å². The largest absolute Gasteiger partial charge is 0.393 e. The Labute approximate surface area is 133 Å². The maximum atomic E-state index is 8.88. The smallest absolute Gasteiger partial charge is 0.0846 e. The molecule has 0 aliphatic rings. The fourth-order valence-corrected chi connectivity index (χ4v) is 1.84. The molecule has 0 bridgehead atoms. The molecule has 1 atom stereocenters. The molecule has 0 fully saturated rings. The van der Waals surface area contributed by atoms with E-state index in [0.29, 0.717) is 6.42 Å². The minimum absolute atomic E-state index is 0.149. The molecule has 0 spiro atoms. The normalized spacial score (nSPS) is 13.7. The van der Waals surface area contributed by atoms with E-state index in [1.165, 1.54) is 64.5 Å². The van der Waals surface area contributed by atoms with Gasteiger partial charge < -0.3 is 15.1 Å². The van der Waals surface area contributed by atoms with Gasteiger partial charge in [-0.3, -0.25) is 0 Å². The van der Waals surface area contributed by atoms with E-state index >= 15 is 0 Å². The van der Waals surface area contributed by atoms with Crippen molar-refractivity contribution in [3.63, 3.8) is 0 Å². The molecule has 0 heterocycles. The first-order chi connectivity index (χ1) is 9.93. The predicted molar refractivity (Wildman–Crippen MR) is 93.8 cm³/mol. The molecule has 0 aromatic rings. The molecule has 0 aliphatic heterocycles. The predicted octanol–water partition coefficient (Wildman–Crippen LogP) is 4.22. The molecule has 0 saturated heterocycles. The Morgan fingerprint density at radius 3 is 1.48 bits per heavy atom. The van der Waals surface area contributed by atoms with Crippen LogP contribution in [0.25, 0.3) is 0 Å². The SMILES string of the molecule is CCC(C)(O)CO.CCCCCCN(C)CCCCCC. The monoisotopic (exact) mass is 303 g/mol. The molecule has 130 valence electrons. The standard InChI is InChI=1S/C13H29N.C5H12O2/c1-4-6-8-10-12-14(3)13-11-9-7-5-2;1-3-5(2,7)4-6/h4-13H2,1-3H3;6-7H,3-4H2,1-2H3. The lowest BCUT2D eigenvalue weighted by atomic mass is 10.1. The van der Waals surface area contributed by atoms with Gasteiger partial charge in [-0.2, -0.15) is 0 Å². The van der Waals surface area contributed by atoms with Crippen LogP contribution in [-0.4, -0.2) is 47.5 Å². The van der Waals surface area contributed by atoms with Crippen LogP contribution in [0.2, 0.25) is 0 Å². The Morgan fingerprint density at radius 1 is 0.810 bits per heavy atom. The van der Waals surface area contributed by atoms with Crippen molar-refractivity contribution in [3.05, 3.63) is 0 Å². The maximum absolute atomic E-state index is 8.88. The van der Waals surface area contributed by atoms with Gasteiger partial charge in [0.15, 0.2) is 0 Å². The van der Waals surface area contributed by atoms with Gasteiger partial charge in [0.1, 0.15) is 0 Å². The van der Waals surface area contributed by atoms with Gasteiger partial charge in [0, 0.05) is 0 Å². The van der Waals surface area contributed by atoms with Crippen molar-refractivity contribution in [2.45, 2.75) is 91.1 Å². The first-order valence-electron chi connectivity index (χ1n) is 8.95. The molecule has 0 aromatic carbocycles. The molecule has 0 saturated carbocycles. The molecule has 1 unspecified atom stereocenters. The first-order valence-corrected chi connectivity index (χ1v) is 8.95. The van der Waals surface area contributed by atoms with Crippen molar-refractivity contribution >= 4 is 0 Å². The minimum Gasteiger partial charge on any atom is -0.393 e. The molecule has 2 N–H and O–H groups in total. The minimum atomic E-state index is -0.861. The summed E-state index contributed by atoms with van der Waals surface area (Å²) in [4.78, 5) is 2.49. The van der Waals surface area contributed by atoms with Crippen molar-refractivity contribution in [1.29, 1.82) is 0 Å². The van der Waals surface area contributed by atoms with Crippen LogP contribution in [0, 0.1) is 0 Å². The Hall–Kier alpha value is -0.120. The molecule has 3 heteroatoms. The highest BCUT2D eigenvalue weighted by molar-refractivity contribution is 4.66. The highest BCUT2D eigenvalue weighted by atomic mass is 16.3. The number of hydrogen-bond donors (Lipinski definition) is 2. The van der Waals surface area contributed by atoms with E-state index in [1.54, 1.807) is 6.92 Å². The van der Waals surface area contributed by atoms with Crippen molar-refractivity contribution < 1.29 is 10.2 Å². The third-order valence-corrected chi connectivity index (χ3v) is 3.89. The zero-order chi connectivity index (χ0) is 16.6. The fourth-order valence-electron chi connectivity index (χ4n) is 1.84. The summed E-state index contributed by atoms with van der Waals surface area (Å²) in [7, 11) is 2.26. The van der Waals surface area contributed by atoms with Crippen LogP contribution in [0.5, 0.6) is 0 Å². The lowest BCUT2D eigenvalue weighted by Gasteiger charge is -2.16. The van der Waals surface area contributed by atoms with E-state index in [-0.39, 0.29) is 6.61 Å². The van der Waals surface area contributed by atoms with Crippen LogP contribution in [-0.2, 0) is 0 Å². The van der Waals surface area contributed by atoms with Crippen molar-refractivity contribution in [3.8, 4) is 0 Å². The lowest BCUT2D eigenvalue weighted by Crippen LogP contribution is -2.27. The second-order valence-corrected chi connectivity index (χ2v) is 6.43. The highest BCUT2D eigenvalue weighted by Crippen LogP contribution is 2.04. The summed E-state index contributed by atoms with van der Waals surface area (Å²) in [6.45, 7) is 10.4. The summed E-state index contributed by atoms with van der Waals surface area (Å²) in [5.74, 6) is 0. The topological polar surface area (TPSA) is 43.7 Å². The molecule has 0 aromatic heterocycles. The fraction of sp³-hybridized carbons (Fsp3) is 1.00. The Kier molecular flexibility index (Phi) is 17.9. The van der Waals surface area contributed by atoms with Crippen LogP contribution < -0.4 is 0 Å². The number of unbranched alkanes of at least 4 members (excludes halogenated alkanes) is 6. The van der Waals surface area contributed by atoms with Gasteiger partial charge >= 0.3 is 0 Å². The Balaban J connectivity index is 0. The molecule has 0 rings (SSSR count). The van der Waals surface area contributed by atoms with Crippen molar-refractivity contribution in [1.82, 2.24) is 4.90 Å². The van der Waals surface area contributed by atoms with Crippen LogP contribution in [0.3, 0.4) is 0 Å². The molecule has 3 nitrogen and oxygen atoms in total. The van der Waals surface area contributed by atoms with Gasteiger partial charge in [-0.1, -0.05) is 59.3 Å². The third kappa shape index (κ3) is 19.9. The van der Waals surface area contributed by atoms with E-state index < -0.39 is 5.60 Å². The molecule has 21 heavy (non-hydrogen) atoms. The molecular formula is C18H41NO2. The van der Waals surface area contributed by atoms with E-state index in [2.05, 4.69) is 25.8 Å². The number of rotatable bonds is 12. The van der Waals surface area contributed by atoms with Crippen molar-refractivity contribution in [2.24, 2.45) is 0 Å². The lowest BCUT2D eigenvalue weighted by molar-refractivity contribution is -0.00107.